The fourth-order valence-electron chi connectivity index (χ4n) is 3.33. The summed E-state index contributed by atoms with van der Waals surface area (Å²) in [7, 11) is 0. The number of carboxylic acids is 1. The van der Waals surface area contributed by atoms with Crippen molar-refractivity contribution in [1.29, 1.82) is 0 Å². The molecular formula is C20H28N2O4. The molecule has 1 aromatic rings. The van der Waals surface area contributed by atoms with Gasteiger partial charge in [-0.05, 0) is 42.5 Å². The smallest absolute Gasteiger partial charge is 0.303 e. The topological polar surface area (TPSA) is 95.5 Å². The molecule has 0 aromatic heterocycles. The Morgan fingerprint density at radius 3 is 2.23 bits per heavy atom. The van der Waals surface area contributed by atoms with Gasteiger partial charge in [0.2, 0.25) is 5.91 Å². The normalized spacial score (nSPS) is 15.3. The zero-order valence-corrected chi connectivity index (χ0v) is 15.5. The Morgan fingerprint density at radius 2 is 1.65 bits per heavy atom. The lowest BCUT2D eigenvalue weighted by Gasteiger charge is -2.23. The van der Waals surface area contributed by atoms with Crippen molar-refractivity contribution in [3.8, 4) is 0 Å². The molecule has 0 atom stereocenters. The third-order valence-electron chi connectivity index (χ3n) is 4.64. The highest BCUT2D eigenvalue weighted by Gasteiger charge is 2.25. The van der Waals surface area contributed by atoms with Crippen LogP contribution >= 0.6 is 0 Å². The Kier molecular flexibility index (Phi) is 6.77. The number of rotatable bonds is 7. The quantitative estimate of drug-likeness (QED) is 0.692. The van der Waals surface area contributed by atoms with Gasteiger partial charge in [-0.3, -0.25) is 14.4 Å². The predicted octanol–water partition coefficient (Wildman–Crippen LogP) is 3.58. The highest BCUT2D eigenvalue weighted by molar-refractivity contribution is 5.96. The Hall–Kier alpha value is -2.37. The first kappa shape index (κ1) is 19.9. The third kappa shape index (κ3) is 6.50. The lowest BCUT2D eigenvalue weighted by molar-refractivity contribution is -0.139. The third-order valence-corrected chi connectivity index (χ3v) is 4.64. The fourth-order valence-corrected chi connectivity index (χ4v) is 3.33. The maximum Gasteiger partial charge on any atom is 0.303 e. The second-order valence-electron chi connectivity index (χ2n) is 7.85. The summed E-state index contributed by atoms with van der Waals surface area (Å²) in [5.74, 6) is -1.25. The van der Waals surface area contributed by atoms with Crippen molar-refractivity contribution in [2.75, 3.05) is 5.32 Å². The van der Waals surface area contributed by atoms with E-state index in [1.54, 1.807) is 38.1 Å². The summed E-state index contributed by atoms with van der Waals surface area (Å²) in [5.41, 5.74) is 0.547. The van der Waals surface area contributed by atoms with Crippen LogP contribution in [0.4, 0.5) is 5.69 Å². The molecule has 0 heterocycles. The van der Waals surface area contributed by atoms with Crippen molar-refractivity contribution in [2.45, 2.75) is 64.8 Å². The van der Waals surface area contributed by atoms with Crippen LogP contribution in [0.2, 0.25) is 0 Å². The lowest BCUT2D eigenvalue weighted by atomic mass is 9.85. The molecule has 1 saturated carbocycles. The molecule has 0 unspecified atom stereocenters. The van der Waals surface area contributed by atoms with Crippen molar-refractivity contribution in [1.82, 2.24) is 5.32 Å². The molecule has 1 aliphatic rings. The van der Waals surface area contributed by atoms with Crippen LogP contribution in [0.1, 0.15) is 69.2 Å². The molecular weight excluding hydrogens is 332 g/mol. The summed E-state index contributed by atoms with van der Waals surface area (Å²) in [6.45, 7) is 3.50. The number of carbonyl (C=O) groups excluding carboxylic acids is 2. The van der Waals surface area contributed by atoms with E-state index in [9.17, 15) is 14.4 Å². The van der Waals surface area contributed by atoms with Crippen LogP contribution in [0.5, 0.6) is 0 Å². The van der Waals surface area contributed by atoms with E-state index < -0.39 is 11.4 Å². The number of aliphatic carboxylic acids is 1. The summed E-state index contributed by atoms with van der Waals surface area (Å²) in [5, 5.41) is 14.7. The van der Waals surface area contributed by atoms with Crippen LogP contribution < -0.4 is 10.6 Å². The Bertz CT molecular complexity index is 646. The van der Waals surface area contributed by atoms with Gasteiger partial charge < -0.3 is 15.7 Å². The molecule has 0 bridgehead atoms. The predicted molar refractivity (Wildman–Crippen MR) is 100 cm³/mol. The summed E-state index contributed by atoms with van der Waals surface area (Å²) < 4.78 is 0. The maximum absolute atomic E-state index is 12.3. The minimum atomic E-state index is -0.920. The summed E-state index contributed by atoms with van der Waals surface area (Å²) >= 11 is 0. The molecule has 0 radical (unpaired) electrons. The van der Waals surface area contributed by atoms with Crippen LogP contribution in [-0.4, -0.2) is 28.9 Å². The molecule has 0 aliphatic heterocycles. The zero-order valence-electron chi connectivity index (χ0n) is 15.5. The number of hydrogen-bond acceptors (Lipinski definition) is 3. The molecule has 3 N–H and O–H groups in total. The minimum absolute atomic E-state index is 0.0688. The Balaban J connectivity index is 1.87. The number of nitrogens with one attached hydrogen (secondary N) is 2. The first-order valence-corrected chi connectivity index (χ1v) is 9.18. The van der Waals surface area contributed by atoms with Crippen LogP contribution in [-0.2, 0) is 9.59 Å². The van der Waals surface area contributed by atoms with E-state index >= 15 is 0 Å². The average Bonchev–Trinajstić information content (AvgIpc) is 2.54. The van der Waals surface area contributed by atoms with Gasteiger partial charge in [-0.1, -0.05) is 33.1 Å². The highest BCUT2D eigenvalue weighted by Crippen LogP contribution is 2.25. The number of benzene rings is 1. The monoisotopic (exact) mass is 360 g/mol. The van der Waals surface area contributed by atoms with E-state index in [2.05, 4.69) is 10.6 Å². The molecule has 0 spiro atoms. The zero-order chi connectivity index (χ0) is 19.2. The number of carboxylic acid groups (broad SMARTS) is 1. The lowest BCUT2D eigenvalue weighted by Crippen LogP contribution is -2.36. The second-order valence-corrected chi connectivity index (χ2v) is 7.85. The first-order chi connectivity index (χ1) is 12.2. The van der Waals surface area contributed by atoms with Crippen LogP contribution in [0.3, 0.4) is 0 Å². The van der Waals surface area contributed by atoms with E-state index in [1.165, 1.54) is 6.42 Å². The maximum atomic E-state index is 12.3. The second kappa shape index (κ2) is 8.83. The van der Waals surface area contributed by atoms with Gasteiger partial charge in [0.15, 0.2) is 0 Å². The molecule has 1 aromatic carbocycles. The highest BCUT2D eigenvalue weighted by atomic mass is 16.4. The number of carbonyl (C=O) groups is 3. The molecule has 0 saturated heterocycles. The van der Waals surface area contributed by atoms with Gasteiger partial charge >= 0.3 is 5.97 Å². The molecule has 6 nitrogen and oxygen atoms in total. The van der Waals surface area contributed by atoms with Gasteiger partial charge in [0, 0.05) is 23.7 Å². The van der Waals surface area contributed by atoms with Crippen LogP contribution in [0.15, 0.2) is 24.3 Å². The molecule has 142 valence electrons. The molecule has 2 amide bonds. The van der Waals surface area contributed by atoms with Gasteiger partial charge in [-0.25, -0.2) is 0 Å². The van der Waals surface area contributed by atoms with Gasteiger partial charge in [0.1, 0.15) is 0 Å². The fraction of sp³-hybridized carbons (Fsp3) is 0.550. The van der Waals surface area contributed by atoms with E-state index in [4.69, 9.17) is 5.11 Å². The average molecular weight is 360 g/mol. The minimum Gasteiger partial charge on any atom is -0.481 e. The summed E-state index contributed by atoms with van der Waals surface area (Å²) in [6.07, 6.45) is 5.67. The molecule has 1 aliphatic carbocycles. The van der Waals surface area contributed by atoms with Crippen molar-refractivity contribution in [2.24, 2.45) is 5.41 Å². The Labute approximate surface area is 154 Å². The van der Waals surface area contributed by atoms with Crippen molar-refractivity contribution in [3.05, 3.63) is 29.8 Å². The number of anilines is 1. The van der Waals surface area contributed by atoms with Crippen LogP contribution in [0, 0.1) is 5.41 Å². The molecule has 1 fully saturated rings. The van der Waals surface area contributed by atoms with E-state index in [1.807, 2.05) is 0 Å². The van der Waals surface area contributed by atoms with Crippen molar-refractivity contribution in [3.63, 3.8) is 0 Å². The van der Waals surface area contributed by atoms with Gasteiger partial charge in [-0.2, -0.15) is 0 Å². The largest absolute Gasteiger partial charge is 0.481 e. The summed E-state index contributed by atoms with van der Waals surface area (Å²) in [4.78, 5) is 35.2. The van der Waals surface area contributed by atoms with E-state index in [-0.39, 0.29) is 30.7 Å². The van der Waals surface area contributed by atoms with Crippen molar-refractivity contribution < 1.29 is 19.5 Å². The number of amides is 2. The van der Waals surface area contributed by atoms with Gasteiger partial charge in [0.25, 0.3) is 5.91 Å². The van der Waals surface area contributed by atoms with E-state index in [0.717, 1.165) is 25.7 Å². The molecule has 26 heavy (non-hydrogen) atoms. The number of hydrogen-bond donors (Lipinski definition) is 3. The first-order valence-electron chi connectivity index (χ1n) is 9.18. The van der Waals surface area contributed by atoms with Crippen LogP contribution in [0.25, 0.3) is 0 Å². The van der Waals surface area contributed by atoms with Gasteiger partial charge in [0.05, 0.1) is 6.42 Å². The van der Waals surface area contributed by atoms with Crippen molar-refractivity contribution >= 4 is 23.5 Å². The standard InChI is InChI=1S/C20H28N2O4/c1-20(2,13-18(24)25)12-17(23)21-16-10-8-14(9-11-16)19(26)22-15-6-4-3-5-7-15/h8-11,15H,3-7,12-13H2,1-2H3,(H,21,23)(H,22,26)(H,24,25). The molecule has 2 rings (SSSR count). The van der Waals surface area contributed by atoms with Gasteiger partial charge in [-0.15, -0.1) is 0 Å². The Morgan fingerprint density at radius 1 is 1.04 bits per heavy atom. The van der Waals surface area contributed by atoms with E-state index in [0.29, 0.717) is 11.3 Å². The molecule has 6 heteroatoms. The summed E-state index contributed by atoms with van der Waals surface area (Å²) in [6, 6.07) is 7.02. The SMILES string of the molecule is CC(C)(CC(=O)O)CC(=O)Nc1ccc(C(=O)NC2CCCCC2)cc1.